The molecule has 0 fully saturated rings. The van der Waals surface area contributed by atoms with E-state index in [-0.39, 0.29) is 0 Å². The maximum absolute atomic E-state index is 13.0. The van der Waals surface area contributed by atoms with Gasteiger partial charge in [-0.05, 0) is 67.0 Å². The topological polar surface area (TPSA) is 50.3 Å². The third-order valence-corrected chi connectivity index (χ3v) is 6.45. The Hall–Kier alpha value is -1.88. The lowest BCUT2D eigenvalue weighted by atomic mass is 9.92. The van der Waals surface area contributed by atoms with Gasteiger partial charge in [0.1, 0.15) is 0 Å². The molecule has 0 atom stereocenters. The number of fused-ring (bicyclic) bond motifs is 2. The lowest BCUT2D eigenvalue weighted by Crippen LogP contribution is -2.29. The summed E-state index contributed by atoms with van der Waals surface area (Å²) >= 11 is 0. The fraction of sp³-hybridized carbons (Fsp3) is 0.353. The minimum Gasteiger partial charge on any atom is -0.266 e. The van der Waals surface area contributed by atoms with Crippen LogP contribution in [0, 0.1) is 0 Å². The number of hydrogen-bond donors (Lipinski definition) is 0. The van der Waals surface area contributed by atoms with Gasteiger partial charge in [-0.3, -0.25) is 9.29 Å². The lowest BCUT2D eigenvalue weighted by molar-refractivity contribution is 0.591. The molecule has 5 heteroatoms. The second-order valence-corrected chi connectivity index (χ2v) is 7.83. The van der Waals surface area contributed by atoms with E-state index < -0.39 is 10.0 Å². The van der Waals surface area contributed by atoms with Gasteiger partial charge in [0.05, 0.1) is 10.6 Å². The van der Waals surface area contributed by atoms with Crippen LogP contribution in [0.15, 0.2) is 41.6 Å². The summed E-state index contributed by atoms with van der Waals surface area (Å²) in [6.45, 7) is 0.500. The van der Waals surface area contributed by atoms with Gasteiger partial charge in [0.2, 0.25) is 0 Å². The van der Waals surface area contributed by atoms with Crippen molar-refractivity contribution < 1.29 is 8.42 Å². The van der Waals surface area contributed by atoms with Crippen molar-refractivity contribution in [3.63, 3.8) is 0 Å². The molecule has 2 heterocycles. The van der Waals surface area contributed by atoms with E-state index in [1.165, 1.54) is 21.9 Å². The van der Waals surface area contributed by atoms with Gasteiger partial charge < -0.3 is 0 Å². The summed E-state index contributed by atoms with van der Waals surface area (Å²) in [7, 11) is -3.48. The number of nitrogens with zero attached hydrogens (tertiary/aromatic N) is 2. The van der Waals surface area contributed by atoms with Crippen LogP contribution in [0.2, 0.25) is 0 Å². The molecule has 22 heavy (non-hydrogen) atoms. The summed E-state index contributed by atoms with van der Waals surface area (Å²) in [5, 5.41) is 0. The fourth-order valence-corrected chi connectivity index (χ4v) is 5.00. The highest BCUT2D eigenvalue weighted by atomic mass is 32.2. The third kappa shape index (κ3) is 2.11. The average molecular weight is 314 g/mol. The van der Waals surface area contributed by atoms with Crippen molar-refractivity contribution in [2.24, 2.45) is 0 Å². The molecule has 0 amide bonds. The van der Waals surface area contributed by atoms with Crippen molar-refractivity contribution in [2.75, 3.05) is 10.8 Å². The van der Waals surface area contributed by atoms with Gasteiger partial charge in [-0.15, -0.1) is 0 Å². The normalized spacial score (nSPS) is 17.2. The van der Waals surface area contributed by atoms with E-state index in [2.05, 4.69) is 4.98 Å². The zero-order chi connectivity index (χ0) is 15.2. The van der Waals surface area contributed by atoms with Gasteiger partial charge >= 0.3 is 0 Å². The standard InChI is InChI=1S/C17H18N2O2S/c20-22(21,19-10-8-15-12-18-9-7-17(15)19)16-6-5-13-3-1-2-4-14(13)11-16/h5-7,9,11-12H,1-4,8,10H2. The summed E-state index contributed by atoms with van der Waals surface area (Å²) in [6, 6.07) is 7.42. The Bertz CT molecular complexity index is 830. The number of benzene rings is 1. The molecule has 0 saturated heterocycles. The Morgan fingerprint density at radius 1 is 0.955 bits per heavy atom. The maximum atomic E-state index is 13.0. The first kappa shape index (κ1) is 13.8. The van der Waals surface area contributed by atoms with Gasteiger partial charge in [0.25, 0.3) is 10.0 Å². The van der Waals surface area contributed by atoms with Crippen molar-refractivity contribution in [3.05, 3.63) is 53.3 Å². The first-order valence-corrected chi connectivity index (χ1v) is 9.18. The van der Waals surface area contributed by atoms with E-state index in [9.17, 15) is 8.42 Å². The van der Waals surface area contributed by atoms with Gasteiger partial charge in [0.15, 0.2) is 0 Å². The number of hydrogen-bond acceptors (Lipinski definition) is 3. The Morgan fingerprint density at radius 2 is 1.77 bits per heavy atom. The van der Waals surface area contributed by atoms with Crippen LogP contribution in [0.3, 0.4) is 0 Å². The van der Waals surface area contributed by atoms with Crippen LogP contribution in [-0.2, 0) is 29.3 Å². The molecule has 1 aliphatic carbocycles. The molecule has 2 aliphatic rings. The maximum Gasteiger partial charge on any atom is 0.264 e. The summed E-state index contributed by atoms with van der Waals surface area (Å²) in [5.74, 6) is 0. The number of aromatic nitrogens is 1. The van der Waals surface area contributed by atoms with Crippen molar-refractivity contribution in [1.82, 2.24) is 4.98 Å². The molecule has 2 aromatic rings. The second-order valence-electron chi connectivity index (χ2n) is 5.97. The first-order chi connectivity index (χ1) is 10.7. The number of aryl methyl sites for hydroxylation is 2. The van der Waals surface area contributed by atoms with E-state index in [0.29, 0.717) is 11.4 Å². The van der Waals surface area contributed by atoms with Crippen LogP contribution in [0.1, 0.15) is 29.5 Å². The predicted octanol–water partition coefficient (Wildman–Crippen LogP) is 2.71. The Morgan fingerprint density at radius 3 is 2.64 bits per heavy atom. The van der Waals surface area contributed by atoms with Crippen LogP contribution >= 0.6 is 0 Å². The van der Waals surface area contributed by atoms with Crippen LogP contribution in [0.4, 0.5) is 5.69 Å². The zero-order valence-electron chi connectivity index (χ0n) is 12.3. The number of sulfonamides is 1. The number of pyridine rings is 1. The SMILES string of the molecule is O=S(=O)(c1ccc2c(c1)CCCC2)N1CCc2cnccc21. The zero-order valence-corrected chi connectivity index (χ0v) is 13.1. The highest BCUT2D eigenvalue weighted by molar-refractivity contribution is 7.92. The van der Waals surface area contributed by atoms with Crippen LogP contribution < -0.4 is 4.31 Å². The number of anilines is 1. The molecule has 0 N–H and O–H groups in total. The predicted molar refractivity (Wildman–Crippen MR) is 85.6 cm³/mol. The van der Waals surface area contributed by atoms with E-state index in [4.69, 9.17) is 0 Å². The summed E-state index contributed by atoms with van der Waals surface area (Å²) in [4.78, 5) is 4.50. The molecule has 0 bridgehead atoms. The molecule has 1 aromatic carbocycles. The lowest BCUT2D eigenvalue weighted by Gasteiger charge is -2.21. The van der Waals surface area contributed by atoms with Crippen LogP contribution in [0.25, 0.3) is 0 Å². The molecule has 1 aliphatic heterocycles. The highest BCUT2D eigenvalue weighted by Crippen LogP contribution is 2.33. The molecule has 0 radical (unpaired) electrons. The van der Waals surface area contributed by atoms with Crippen molar-refractivity contribution in [2.45, 2.75) is 37.0 Å². The van der Waals surface area contributed by atoms with E-state index >= 15 is 0 Å². The monoisotopic (exact) mass is 314 g/mol. The molecule has 0 unspecified atom stereocenters. The van der Waals surface area contributed by atoms with Gasteiger partial charge in [-0.1, -0.05) is 6.07 Å². The molecular weight excluding hydrogens is 296 g/mol. The largest absolute Gasteiger partial charge is 0.266 e. The Labute approximate surface area is 130 Å². The molecule has 114 valence electrons. The highest BCUT2D eigenvalue weighted by Gasteiger charge is 2.31. The summed E-state index contributed by atoms with van der Waals surface area (Å²) in [5.41, 5.74) is 4.27. The Kier molecular flexibility index (Phi) is 3.18. The Balaban J connectivity index is 1.76. The van der Waals surface area contributed by atoms with E-state index in [1.54, 1.807) is 24.5 Å². The minimum atomic E-state index is -3.48. The van der Waals surface area contributed by atoms with Gasteiger partial charge in [-0.25, -0.2) is 8.42 Å². The van der Waals surface area contributed by atoms with Crippen molar-refractivity contribution in [3.8, 4) is 0 Å². The molecule has 1 aromatic heterocycles. The van der Waals surface area contributed by atoms with Crippen LogP contribution in [0.5, 0.6) is 0 Å². The fourth-order valence-electron chi connectivity index (χ4n) is 3.45. The quantitative estimate of drug-likeness (QED) is 0.856. The van der Waals surface area contributed by atoms with E-state index in [0.717, 1.165) is 36.9 Å². The van der Waals surface area contributed by atoms with Crippen molar-refractivity contribution >= 4 is 15.7 Å². The van der Waals surface area contributed by atoms with Gasteiger partial charge in [-0.2, -0.15) is 0 Å². The minimum absolute atomic E-state index is 0.415. The van der Waals surface area contributed by atoms with Crippen LogP contribution in [-0.4, -0.2) is 19.9 Å². The third-order valence-electron chi connectivity index (χ3n) is 4.64. The van der Waals surface area contributed by atoms with Gasteiger partial charge in [0, 0.05) is 18.9 Å². The first-order valence-electron chi connectivity index (χ1n) is 7.74. The molecule has 4 nitrogen and oxygen atoms in total. The van der Waals surface area contributed by atoms with Crippen molar-refractivity contribution in [1.29, 1.82) is 0 Å². The molecule has 4 rings (SSSR count). The molecular formula is C17H18N2O2S. The summed E-state index contributed by atoms with van der Waals surface area (Å²) in [6.07, 6.45) is 8.54. The summed E-state index contributed by atoms with van der Waals surface area (Å²) < 4.78 is 27.5. The smallest absolute Gasteiger partial charge is 0.264 e. The average Bonchev–Trinajstić information content (AvgIpc) is 2.99. The number of rotatable bonds is 2. The molecule has 0 spiro atoms. The van der Waals surface area contributed by atoms with E-state index in [1.807, 2.05) is 12.1 Å². The molecule has 0 saturated carbocycles. The second kappa shape index (κ2) is 5.09.